The second-order valence-electron chi connectivity index (χ2n) is 10.4. The number of aliphatic carboxylic acids is 1. The van der Waals surface area contributed by atoms with Crippen molar-refractivity contribution in [1.29, 1.82) is 0 Å². The predicted octanol–water partition coefficient (Wildman–Crippen LogP) is 1.41. The van der Waals surface area contributed by atoms with E-state index in [1.165, 1.54) is 19.3 Å². The minimum atomic E-state index is -1.62. The summed E-state index contributed by atoms with van der Waals surface area (Å²) in [4.78, 5) is 53.6. The maximum absolute atomic E-state index is 13.5. The lowest BCUT2D eigenvalue weighted by molar-refractivity contribution is -0.139. The number of aromatic nitrogens is 1. The van der Waals surface area contributed by atoms with Crippen molar-refractivity contribution in [2.24, 2.45) is 11.5 Å². The van der Waals surface area contributed by atoms with E-state index >= 15 is 0 Å². The lowest BCUT2D eigenvalue weighted by atomic mass is 10.0. The number of nitrogens with one attached hydrogen (secondary N) is 4. The van der Waals surface area contributed by atoms with Crippen LogP contribution in [0.25, 0.3) is 10.9 Å². The molecule has 1 heterocycles. The molecule has 1 aromatic heterocycles. The van der Waals surface area contributed by atoms with Gasteiger partial charge in [-0.3, -0.25) is 19.2 Å². The smallest absolute Gasteiger partial charge is 0.305 e. The van der Waals surface area contributed by atoms with E-state index in [9.17, 15) is 24.3 Å². The van der Waals surface area contributed by atoms with E-state index in [1.54, 1.807) is 6.20 Å². The van der Waals surface area contributed by atoms with Crippen LogP contribution in [0.15, 0.2) is 30.5 Å². The van der Waals surface area contributed by atoms with Crippen LogP contribution in [0.5, 0.6) is 0 Å². The zero-order valence-corrected chi connectivity index (χ0v) is 23.9. The highest BCUT2D eigenvalue weighted by molar-refractivity contribution is 5.93. The van der Waals surface area contributed by atoms with E-state index in [4.69, 9.17) is 16.6 Å². The number of aliphatic hydroxyl groups excluding tert-OH is 1. The summed E-state index contributed by atoms with van der Waals surface area (Å²) in [6.07, 6.45) is 7.48. The van der Waals surface area contributed by atoms with Gasteiger partial charge in [-0.15, -0.1) is 0 Å². The Kier molecular flexibility index (Phi) is 14.8. The van der Waals surface area contributed by atoms with Crippen molar-refractivity contribution in [3.05, 3.63) is 36.0 Å². The number of aliphatic hydroxyl groups is 1. The maximum Gasteiger partial charge on any atom is 0.305 e. The van der Waals surface area contributed by atoms with Crippen molar-refractivity contribution in [2.75, 3.05) is 6.54 Å². The van der Waals surface area contributed by atoms with Crippen molar-refractivity contribution in [1.82, 2.24) is 20.9 Å². The Bertz CT molecular complexity index is 1120. The molecule has 0 aliphatic heterocycles. The van der Waals surface area contributed by atoms with E-state index in [2.05, 4.69) is 27.9 Å². The lowest BCUT2D eigenvalue weighted by Crippen LogP contribution is -2.58. The van der Waals surface area contributed by atoms with Gasteiger partial charge in [0, 0.05) is 29.9 Å². The number of carboxylic acid groups (broad SMARTS) is 1. The molecule has 3 amide bonds. The van der Waals surface area contributed by atoms with Gasteiger partial charge in [-0.1, -0.05) is 63.6 Å². The van der Waals surface area contributed by atoms with Crippen molar-refractivity contribution in [2.45, 2.75) is 102 Å². The van der Waals surface area contributed by atoms with E-state index in [1.807, 2.05) is 24.3 Å². The van der Waals surface area contributed by atoms with Gasteiger partial charge >= 0.3 is 5.97 Å². The largest absolute Gasteiger partial charge is 0.481 e. The van der Waals surface area contributed by atoms with Gasteiger partial charge in [-0.05, 0) is 31.0 Å². The minimum absolute atomic E-state index is 0.0455. The maximum atomic E-state index is 13.5. The highest BCUT2D eigenvalue weighted by atomic mass is 16.4. The molecule has 12 nitrogen and oxygen atoms in total. The zero-order chi connectivity index (χ0) is 30.2. The molecule has 0 spiro atoms. The third-order valence-corrected chi connectivity index (χ3v) is 6.98. The number of unbranched alkanes of at least 4 members (excludes halogenated alkanes) is 6. The molecule has 0 fully saturated rings. The Hall–Kier alpha value is -3.48. The molecule has 2 aromatic rings. The number of carboxylic acids is 1. The van der Waals surface area contributed by atoms with Crippen molar-refractivity contribution < 1.29 is 29.4 Å². The molecule has 10 N–H and O–H groups in total. The van der Waals surface area contributed by atoms with Gasteiger partial charge in [0.15, 0.2) is 0 Å². The van der Waals surface area contributed by atoms with Crippen LogP contribution in [0.3, 0.4) is 0 Å². The summed E-state index contributed by atoms with van der Waals surface area (Å²) < 4.78 is 0. The van der Waals surface area contributed by atoms with Gasteiger partial charge in [0.1, 0.15) is 18.3 Å². The molecule has 0 saturated carbocycles. The number of hydrogen-bond donors (Lipinski definition) is 8. The number of fused-ring (bicyclic) bond motifs is 1. The fraction of sp³-hybridized carbons (Fsp3) is 0.586. The first kappa shape index (κ1) is 33.7. The van der Waals surface area contributed by atoms with Crippen LogP contribution in [0.2, 0.25) is 0 Å². The summed E-state index contributed by atoms with van der Waals surface area (Å²) in [6, 6.07) is 4.23. The number of benzene rings is 1. The Morgan fingerprint density at radius 3 is 2.24 bits per heavy atom. The van der Waals surface area contributed by atoms with E-state index in [-0.39, 0.29) is 31.7 Å². The first-order chi connectivity index (χ1) is 19.7. The summed E-state index contributed by atoms with van der Waals surface area (Å²) in [5, 5.41) is 27.5. The molecule has 228 valence electrons. The first-order valence-corrected chi connectivity index (χ1v) is 14.5. The molecule has 0 radical (unpaired) electrons. The number of carbonyl (C=O) groups excluding carboxylic acids is 3. The highest BCUT2D eigenvalue weighted by Gasteiger charge is 2.30. The van der Waals surface area contributed by atoms with Gasteiger partial charge in [-0.2, -0.15) is 0 Å². The third kappa shape index (κ3) is 11.9. The fourth-order valence-electron chi connectivity index (χ4n) is 4.68. The molecule has 12 heteroatoms. The van der Waals surface area contributed by atoms with E-state index < -0.39 is 48.6 Å². The van der Waals surface area contributed by atoms with E-state index in [0.29, 0.717) is 6.42 Å². The molecule has 4 unspecified atom stereocenters. The van der Waals surface area contributed by atoms with Crippen LogP contribution in [-0.2, 0) is 25.6 Å². The fourth-order valence-corrected chi connectivity index (χ4v) is 4.68. The number of H-pyrrole nitrogens is 1. The Labute approximate surface area is 241 Å². The predicted molar refractivity (Wildman–Crippen MR) is 157 cm³/mol. The standard InChI is InChI=1S/C29H46N6O6/c1-2-3-4-5-6-7-8-13-25(36)33-24(16-19-18-32-21-12-10-9-11-20(19)21)29(41)34-22(14-15-30)28(40)35-23(27(31)39)17-26(37)38/h9-12,18,22-24,27,32,39H,2-8,13-17,30-31H2,1H3,(H,33,36)(H,34,41)(H,35,40)(H,37,38). The number of hydrogen-bond acceptors (Lipinski definition) is 7. The number of nitrogens with two attached hydrogens (primary N) is 2. The molecular formula is C29H46N6O6. The van der Waals surface area contributed by atoms with E-state index in [0.717, 1.165) is 35.7 Å². The van der Waals surface area contributed by atoms with Gasteiger partial charge in [-0.25, -0.2) is 0 Å². The van der Waals surface area contributed by atoms with Crippen LogP contribution in [0.4, 0.5) is 0 Å². The molecule has 4 atom stereocenters. The molecule has 0 aliphatic rings. The molecule has 0 saturated heterocycles. The monoisotopic (exact) mass is 574 g/mol. The second-order valence-corrected chi connectivity index (χ2v) is 10.4. The normalized spacial score (nSPS) is 14.1. The Morgan fingerprint density at radius 2 is 1.59 bits per heavy atom. The third-order valence-electron chi connectivity index (χ3n) is 6.98. The zero-order valence-electron chi connectivity index (χ0n) is 23.9. The SMILES string of the molecule is CCCCCCCCCC(=O)NC(Cc1c[nH]c2ccccc12)C(=O)NC(CCN)C(=O)NC(CC(=O)O)C(N)O. The van der Waals surface area contributed by atoms with Crippen LogP contribution in [0.1, 0.15) is 76.7 Å². The topological polar surface area (TPSA) is 213 Å². The summed E-state index contributed by atoms with van der Waals surface area (Å²) in [6.45, 7) is 2.21. The van der Waals surface area contributed by atoms with Crippen LogP contribution >= 0.6 is 0 Å². The molecule has 41 heavy (non-hydrogen) atoms. The summed E-state index contributed by atoms with van der Waals surface area (Å²) in [5.74, 6) is -2.84. The number of carbonyl (C=O) groups is 4. The molecule has 1 aromatic carbocycles. The Balaban J connectivity index is 2.12. The van der Waals surface area contributed by atoms with Crippen LogP contribution in [0, 0.1) is 0 Å². The van der Waals surface area contributed by atoms with Crippen molar-refractivity contribution >= 4 is 34.6 Å². The van der Waals surface area contributed by atoms with Gasteiger partial charge in [0.05, 0.1) is 12.5 Å². The average molecular weight is 575 g/mol. The number of para-hydroxylation sites is 1. The number of aromatic amines is 1. The molecule has 0 bridgehead atoms. The van der Waals surface area contributed by atoms with Gasteiger partial charge in [0.2, 0.25) is 17.7 Å². The quantitative estimate of drug-likeness (QED) is 0.0853. The van der Waals surface area contributed by atoms with Crippen molar-refractivity contribution in [3.8, 4) is 0 Å². The second kappa shape index (κ2) is 18.1. The Morgan fingerprint density at radius 1 is 0.927 bits per heavy atom. The molecule has 0 aliphatic carbocycles. The summed E-state index contributed by atoms with van der Waals surface area (Å²) in [5.41, 5.74) is 12.8. The first-order valence-electron chi connectivity index (χ1n) is 14.5. The summed E-state index contributed by atoms with van der Waals surface area (Å²) >= 11 is 0. The average Bonchev–Trinajstić information content (AvgIpc) is 3.34. The van der Waals surface area contributed by atoms with Gasteiger partial charge < -0.3 is 42.6 Å². The minimum Gasteiger partial charge on any atom is -0.481 e. The van der Waals surface area contributed by atoms with Crippen LogP contribution in [-0.4, -0.2) is 69.8 Å². The summed E-state index contributed by atoms with van der Waals surface area (Å²) in [7, 11) is 0. The number of amides is 3. The molecular weight excluding hydrogens is 528 g/mol. The molecule has 2 rings (SSSR count). The van der Waals surface area contributed by atoms with Gasteiger partial charge in [0.25, 0.3) is 0 Å². The number of rotatable bonds is 20. The van der Waals surface area contributed by atoms with Crippen LogP contribution < -0.4 is 27.4 Å². The highest BCUT2D eigenvalue weighted by Crippen LogP contribution is 2.19. The van der Waals surface area contributed by atoms with Crippen molar-refractivity contribution in [3.63, 3.8) is 0 Å². The lowest BCUT2D eigenvalue weighted by Gasteiger charge is -2.26.